The van der Waals surface area contributed by atoms with Gasteiger partial charge in [-0.25, -0.2) is 9.97 Å². The third kappa shape index (κ3) is 1.57. The molecule has 3 aromatic rings. The average molecular weight is 322 g/mol. The smallest absolute Gasteiger partial charge is 0.220 e. The third-order valence-corrected chi connectivity index (χ3v) is 2.94. The number of rotatable bonds is 1. The van der Waals surface area contributed by atoms with Crippen molar-refractivity contribution < 1.29 is 0 Å². The molecule has 2 aromatic heterocycles. The van der Waals surface area contributed by atoms with Crippen LogP contribution in [0.2, 0.25) is 0 Å². The minimum absolute atomic E-state index is 0.596. The highest BCUT2D eigenvalue weighted by atomic mass is 127. The Hall–Kier alpha value is -1.50. The normalized spacial score (nSPS) is 10.8. The molecule has 1 aromatic carbocycles. The first-order valence-corrected chi connectivity index (χ1v) is 5.83. The van der Waals surface area contributed by atoms with E-state index in [2.05, 4.69) is 43.7 Å². The van der Waals surface area contributed by atoms with Gasteiger partial charge in [0.25, 0.3) is 5.95 Å². The minimum Gasteiger partial charge on any atom is -0.220 e. The van der Waals surface area contributed by atoms with Crippen LogP contribution in [0.4, 0.5) is 0 Å². The van der Waals surface area contributed by atoms with Crippen molar-refractivity contribution in [1.29, 1.82) is 0 Å². The van der Waals surface area contributed by atoms with Gasteiger partial charge in [-0.05, 0) is 46.9 Å². The molecule has 0 amide bonds. The van der Waals surface area contributed by atoms with Gasteiger partial charge in [0.05, 0.1) is 11.7 Å². The van der Waals surface area contributed by atoms with Crippen LogP contribution in [0, 0.1) is 3.57 Å². The Kier molecular flexibility index (Phi) is 2.32. The van der Waals surface area contributed by atoms with E-state index in [1.165, 1.54) is 3.57 Å². The maximum atomic E-state index is 4.30. The van der Waals surface area contributed by atoms with Gasteiger partial charge in [0.2, 0.25) is 0 Å². The predicted molar refractivity (Wildman–Crippen MR) is 69.4 cm³/mol. The Balaban J connectivity index is 2.26. The summed E-state index contributed by atoms with van der Waals surface area (Å²) < 4.78 is 2.93. The monoisotopic (exact) mass is 322 g/mol. The molecule has 0 fully saturated rings. The van der Waals surface area contributed by atoms with Crippen molar-refractivity contribution in [3.8, 4) is 5.95 Å². The van der Waals surface area contributed by atoms with Crippen molar-refractivity contribution in [2.75, 3.05) is 0 Å². The van der Waals surface area contributed by atoms with E-state index in [-0.39, 0.29) is 0 Å². The largest absolute Gasteiger partial charge is 0.251 e. The van der Waals surface area contributed by atoms with Crippen molar-refractivity contribution in [1.82, 2.24) is 19.7 Å². The second-order valence-corrected chi connectivity index (χ2v) is 4.55. The van der Waals surface area contributed by atoms with Gasteiger partial charge in [-0.3, -0.25) is 0 Å². The second-order valence-electron chi connectivity index (χ2n) is 3.31. The Bertz CT molecular complexity index is 633. The molecule has 0 spiro atoms. The number of nitrogens with zero attached hydrogens (tertiary/aromatic N) is 4. The van der Waals surface area contributed by atoms with Crippen LogP contribution in [0.3, 0.4) is 0 Å². The fourth-order valence-corrected chi connectivity index (χ4v) is 2.08. The van der Waals surface area contributed by atoms with Crippen LogP contribution >= 0.6 is 22.6 Å². The van der Waals surface area contributed by atoms with Crippen molar-refractivity contribution in [3.05, 3.63) is 46.4 Å². The van der Waals surface area contributed by atoms with Crippen molar-refractivity contribution in [3.63, 3.8) is 0 Å². The summed E-state index contributed by atoms with van der Waals surface area (Å²) in [6, 6.07) is 7.95. The lowest BCUT2D eigenvalue weighted by Gasteiger charge is -2.00. The SMILES string of the molecule is Ic1ccc2c(cnn2-c2ncccn2)c1. The molecule has 78 valence electrons. The van der Waals surface area contributed by atoms with E-state index in [0.29, 0.717) is 5.95 Å². The molecule has 0 aliphatic heterocycles. The summed E-state index contributed by atoms with van der Waals surface area (Å²) in [5.41, 5.74) is 1.02. The summed E-state index contributed by atoms with van der Waals surface area (Å²) in [5, 5.41) is 5.39. The lowest BCUT2D eigenvalue weighted by atomic mass is 10.3. The first kappa shape index (κ1) is 9.71. The molecule has 16 heavy (non-hydrogen) atoms. The van der Waals surface area contributed by atoms with Gasteiger partial charge in [-0.15, -0.1) is 0 Å². The van der Waals surface area contributed by atoms with Gasteiger partial charge in [0, 0.05) is 21.4 Å². The molecule has 0 unspecified atom stereocenters. The number of fused-ring (bicyclic) bond motifs is 1. The summed E-state index contributed by atoms with van der Waals surface area (Å²) in [7, 11) is 0. The fraction of sp³-hybridized carbons (Fsp3) is 0. The zero-order chi connectivity index (χ0) is 11.0. The first-order chi connectivity index (χ1) is 7.84. The molecule has 0 aliphatic carbocycles. The number of hydrogen-bond acceptors (Lipinski definition) is 3. The zero-order valence-electron chi connectivity index (χ0n) is 8.21. The summed E-state index contributed by atoms with van der Waals surface area (Å²) in [6.07, 6.45) is 5.25. The summed E-state index contributed by atoms with van der Waals surface area (Å²) in [4.78, 5) is 8.36. The predicted octanol–water partition coefficient (Wildman–Crippen LogP) is 2.42. The van der Waals surface area contributed by atoms with Crippen LogP contribution in [0.15, 0.2) is 42.9 Å². The number of benzene rings is 1. The Morgan fingerprint density at radius 3 is 2.75 bits per heavy atom. The van der Waals surface area contributed by atoms with Gasteiger partial charge >= 0.3 is 0 Å². The third-order valence-electron chi connectivity index (χ3n) is 2.27. The minimum atomic E-state index is 0.596. The first-order valence-electron chi connectivity index (χ1n) is 4.75. The standard InChI is InChI=1S/C11H7IN4/c12-9-2-3-10-8(6-9)7-15-16(10)11-13-4-1-5-14-11/h1-7H. The average Bonchev–Trinajstić information content (AvgIpc) is 2.73. The molecule has 0 saturated carbocycles. The quantitative estimate of drug-likeness (QED) is 0.646. The van der Waals surface area contributed by atoms with Gasteiger partial charge < -0.3 is 0 Å². The lowest BCUT2D eigenvalue weighted by Crippen LogP contribution is -2.01. The van der Waals surface area contributed by atoms with E-state index in [4.69, 9.17) is 0 Å². The van der Waals surface area contributed by atoms with Crippen molar-refractivity contribution in [2.24, 2.45) is 0 Å². The summed E-state index contributed by atoms with van der Waals surface area (Å²) in [5.74, 6) is 0.596. The van der Waals surface area contributed by atoms with E-state index < -0.39 is 0 Å². The maximum absolute atomic E-state index is 4.30. The molecule has 2 heterocycles. The van der Waals surface area contributed by atoms with E-state index in [1.54, 1.807) is 23.1 Å². The van der Waals surface area contributed by atoms with Crippen LogP contribution in [0.1, 0.15) is 0 Å². The molecule has 4 nitrogen and oxygen atoms in total. The van der Waals surface area contributed by atoms with Crippen LogP contribution in [-0.2, 0) is 0 Å². The van der Waals surface area contributed by atoms with Gasteiger partial charge in [0.15, 0.2) is 0 Å². The summed E-state index contributed by atoms with van der Waals surface area (Å²) in [6.45, 7) is 0. The van der Waals surface area contributed by atoms with Gasteiger partial charge in [0.1, 0.15) is 0 Å². The second kappa shape index (κ2) is 3.82. The van der Waals surface area contributed by atoms with Crippen LogP contribution in [-0.4, -0.2) is 19.7 Å². The molecule has 5 heteroatoms. The van der Waals surface area contributed by atoms with E-state index in [1.807, 2.05) is 18.3 Å². The number of hydrogen-bond donors (Lipinski definition) is 0. The highest BCUT2D eigenvalue weighted by Gasteiger charge is 2.06. The van der Waals surface area contributed by atoms with Crippen LogP contribution < -0.4 is 0 Å². The highest BCUT2D eigenvalue weighted by Crippen LogP contribution is 2.18. The molecule has 3 rings (SSSR count). The van der Waals surface area contributed by atoms with Crippen molar-refractivity contribution >= 4 is 33.5 Å². The maximum Gasteiger partial charge on any atom is 0.251 e. The Labute approximate surface area is 105 Å². The van der Waals surface area contributed by atoms with E-state index in [0.717, 1.165) is 10.9 Å². The molecular weight excluding hydrogens is 315 g/mol. The number of halogens is 1. The Morgan fingerprint density at radius 1 is 1.12 bits per heavy atom. The van der Waals surface area contributed by atoms with Gasteiger partial charge in [-0.2, -0.15) is 9.78 Å². The molecular formula is C11H7IN4. The Morgan fingerprint density at radius 2 is 1.94 bits per heavy atom. The highest BCUT2D eigenvalue weighted by molar-refractivity contribution is 14.1. The molecule has 0 atom stereocenters. The topological polar surface area (TPSA) is 43.6 Å². The lowest BCUT2D eigenvalue weighted by molar-refractivity contribution is 0.832. The van der Waals surface area contributed by atoms with Crippen molar-refractivity contribution in [2.45, 2.75) is 0 Å². The molecule has 0 bridgehead atoms. The fourth-order valence-electron chi connectivity index (χ4n) is 1.56. The zero-order valence-corrected chi connectivity index (χ0v) is 10.4. The molecule has 0 radical (unpaired) electrons. The van der Waals surface area contributed by atoms with E-state index in [9.17, 15) is 0 Å². The van der Waals surface area contributed by atoms with Crippen LogP contribution in [0.5, 0.6) is 0 Å². The molecule has 0 aliphatic rings. The molecule has 0 saturated heterocycles. The number of aromatic nitrogens is 4. The molecule has 0 N–H and O–H groups in total. The van der Waals surface area contributed by atoms with Gasteiger partial charge in [-0.1, -0.05) is 0 Å². The van der Waals surface area contributed by atoms with Crippen LogP contribution in [0.25, 0.3) is 16.9 Å². The van der Waals surface area contributed by atoms with E-state index >= 15 is 0 Å². The summed E-state index contributed by atoms with van der Waals surface area (Å²) >= 11 is 2.28.